The van der Waals surface area contributed by atoms with Crippen LogP contribution in [0.4, 0.5) is 0 Å². The van der Waals surface area contributed by atoms with E-state index >= 15 is 0 Å². The molecule has 5 nitrogen and oxygen atoms in total. The maximum Gasteiger partial charge on any atom is 0.169 e. The molecule has 134 valence electrons. The van der Waals surface area contributed by atoms with E-state index in [2.05, 4.69) is 52.3 Å². The summed E-state index contributed by atoms with van der Waals surface area (Å²) in [5.74, 6) is 0.925. The van der Waals surface area contributed by atoms with Crippen LogP contribution in [0.3, 0.4) is 0 Å². The van der Waals surface area contributed by atoms with E-state index in [1.165, 1.54) is 5.56 Å². The van der Waals surface area contributed by atoms with Crippen LogP contribution in [0.15, 0.2) is 24.3 Å². The Morgan fingerprint density at radius 2 is 2.00 bits per heavy atom. The van der Waals surface area contributed by atoms with Gasteiger partial charge in [0.05, 0.1) is 7.11 Å². The van der Waals surface area contributed by atoms with Crippen molar-refractivity contribution in [2.45, 2.75) is 13.0 Å². The van der Waals surface area contributed by atoms with Crippen molar-refractivity contribution in [3.63, 3.8) is 0 Å². The van der Waals surface area contributed by atoms with Crippen molar-refractivity contribution in [3.05, 3.63) is 29.8 Å². The molecule has 0 radical (unpaired) electrons. The fourth-order valence-corrected chi connectivity index (χ4v) is 3.13. The van der Waals surface area contributed by atoms with Crippen molar-refractivity contribution in [2.24, 2.45) is 0 Å². The number of thiocarbonyl (C=S) groups is 1. The third-order valence-corrected chi connectivity index (χ3v) is 4.66. The van der Waals surface area contributed by atoms with Gasteiger partial charge >= 0.3 is 0 Å². The number of benzene rings is 1. The largest absolute Gasteiger partial charge is 0.497 e. The fourth-order valence-electron chi connectivity index (χ4n) is 2.84. The number of nitrogens with one attached hydrogen (secondary N) is 1. The smallest absolute Gasteiger partial charge is 0.169 e. The van der Waals surface area contributed by atoms with E-state index in [0.717, 1.165) is 63.1 Å². The first-order valence-corrected chi connectivity index (χ1v) is 9.02. The van der Waals surface area contributed by atoms with Crippen LogP contribution in [0.2, 0.25) is 0 Å². The zero-order valence-corrected chi connectivity index (χ0v) is 15.9. The highest BCUT2D eigenvalue weighted by molar-refractivity contribution is 7.80. The first kappa shape index (κ1) is 19.0. The summed E-state index contributed by atoms with van der Waals surface area (Å²) in [5, 5.41) is 4.28. The molecule has 1 fully saturated rings. The van der Waals surface area contributed by atoms with Crippen LogP contribution in [0.5, 0.6) is 5.75 Å². The minimum absolute atomic E-state index is 0.898. The molecule has 0 amide bonds. The van der Waals surface area contributed by atoms with Gasteiger partial charge in [0.1, 0.15) is 5.75 Å². The van der Waals surface area contributed by atoms with Gasteiger partial charge in [-0.1, -0.05) is 12.1 Å². The summed E-state index contributed by atoms with van der Waals surface area (Å²) in [6.45, 7) is 7.06. The summed E-state index contributed by atoms with van der Waals surface area (Å²) in [6, 6.07) is 8.31. The van der Waals surface area contributed by atoms with Gasteiger partial charge in [0.2, 0.25) is 0 Å². The average molecular weight is 351 g/mol. The molecular weight excluding hydrogens is 320 g/mol. The summed E-state index contributed by atoms with van der Waals surface area (Å²) in [7, 11) is 5.91. The highest BCUT2D eigenvalue weighted by atomic mass is 32.1. The molecular formula is C18H30N4OS. The number of piperazine rings is 1. The van der Waals surface area contributed by atoms with Gasteiger partial charge in [0, 0.05) is 39.3 Å². The quantitative estimate of drug-likeness (QED) is 0.594. The Labute approximate surface area is 151 Å². The lowest BCUT2D eigenvalue weighted by Gasteiger charge is -2.36. The van der Waals surface area contributed by atoms with Crippen LogP contribution in [0, 0.1) is 0 Å². The van der Waals surface area contributed by atoms with Gasteiger partial charge in [-0.3, -0.25) is 4.90 Å². The molecule has 0 saturated carbocycles. The predicted octanol–water partition coefficient (Wildman–Crippen LogP) is 1.64. The third-order valence-electron chi connectivity index (χ3n) is 4.26. The maximum atomic E-state index is 5.52. The van der Waals surface area contributed by atoms with E-state index in [9.17, 15) is 0 Å². The van der Waals surface area contributed by atoms with E-state index in [1.54, 1.807) is 7.11 Å². The number of methoxy groups -OCH3 is 1. The molecule has 0 aliphatic carbocycles. The number of hydrogen-bond acceptors (Lipinski definition) is 4. The second-order valence-electron chi connectivity index (χ2n) is 6.50. The highest BCUT2D eigenvalue weighted by Crippen LogP contribution is 2.15. The highest BCUT2D eigenvalue weighted by Gasteiger charge is 2.18. The number of nitrogens with zero attached hydrogens (tertiary/aromatic N) is 3. The summed E-state index contributed by atoms with van der Waals surface area (Å²) in [6.07, 6.45) is 1.11. The zero-order chi connectivity index (χ0) is 17.4. The molecule has 0 atom stereocenters. The van der Waals surface area contributed by atoms with Crippen LogP contribution in [-0.4, -0.2) is 80.3 Å². The van der Waals surface area contributed by atoms with E-state index in [1.807, 2.05) is 6.07 Å². The van der Waals surface area contributed by atoms with E-state index in [-0.39, 0.29) is 0 Å². The van der Waals surface area contributed by atoms with Gasteiger partial charge < -0.3 is 19.9 Å². The van der Waals surface area contributed by atoms with Crippen molar-refractivity contribution in [1.29, 1.82) is 0 Å². The standard InChI is InChI=1S/C18H30N4OS/c1-20(2)9-5-8-19-18(24)22-12-10-21(11-13-22)15-16-6-4-7-17(14-16)23-3/h4,6-7,14H,5,8-13,15H2,1-3H3,(H,19,24). The Bertz CT molecular complexity index is 515. The van der Waals surface area contributed by atoms with E-state index in [4.69, 9.17) is 17.0 Å². The Morgan fingerprint density at radius 1 is 1.25 bits per heavy atom. The summed E-state index contributed by atoms with van der Waals surface area (Å²) in [4.78, 5) is 6.95. The monoisotopic (exact) mass is 350 g/mol. The van der Waals surface area contributed by atoms with Gasteiger partial charge in [0.15, 0.2) is 5.11 Å². The van der Waals surface area contributed by atoms with E-state index in [0.29, 0.717) is 0 Å². The second kappa shape index (κ2) is 9.81. The topological polar surface area (TPSA) is 31.0 Å². The van der Waals surface area contributed by atoms with Crippen molar-refractivity contribution >= 4 is 17.3 Å². The van der Waals surface area contributed by atoms with Gasteiger partial charge in [-0.25, -0.2) is 0 Å². The molecule has 0 aromatic heterocycles. The fraction of sp³-hybridized carbons (Fsp3) is 0.611. The molecule has 1 aromatic carbocycles. The minimum Gasteiger partial charge on any atom is -0.497 e. The van der Waals surface area contributed by atoms with Crippen LogP contribution in [0.1, 0.15) is 12.0 Å². The lowest BCUT2D eigenvalue weighted by molar-refractivity contribution is 0.174. The molecule has 0 spiro atoms. The molecule has 0 bridgehead atoms. The molecule has 1 heterocycles. The first-order valence-electron chi connectivity index (χ1n) is 8.61. The summed E-state index contributed by atoms with van der Waals surface area (Å²) >= 11 is 5.52. The number of hydrogen-bond donors (Lipinski definition) is 1. The molecule has 24 heavy (non-hydrogen) atoms. The SMILES string of the molecule is COc1cccc(CN2CCN(C(=S)NCCCN(C)C)CC2)c1. The lowest BCUT2D eigenvalue weighted by Crippen LogP contribution is -2.51. The van der Waals surface area contributed by atoms with Crippen LogP contribution >= 0.6 is 12.2 Å². The number of rotatable bonds is 7. The maximum absolute atomic E-state index is 5.52. The number of ether oxygens (including phenoxy) is 1. The molecule has 1 aliphatic rings. The molecule has 2 rings (SSSR count). The second-order valence-corrected chi connectivity index (χ2v) is 6.89. The molecule has 1 N–H and O–H groups in total. The van der Waals surface area contributed by atoms with Gasteiger partial charge in [-0.05, 0) is 57.0 Å². The predicted molar refractivity (Wildman–Crippen MR) is 104 cm³/mol. The molecule has 1 saturated heterocycles. The van der Waals surface area contributed by atoms with Gasteiger partial charge in [0.25, 0.3) is 0 Å². The van der Waals surface area contributed by atoms with Gasteiger partial charge in [-0.15, -0.1) is 0 Å². The lowest BCUT2D eigenvalue weighted by atomic mass is 10.2. The van der Waals surface area contributed by atoms with Crippen molar-refractivity contribution in [1.82, 2.24) is 20.0 Å². The van der Waals surface area contributed by atoms with Crippen LogP contribution in [-0.2, 0) is 6.54 Å². The van der Waals surface area contributed by atoms with E-state index < -0.39 is 0 Å². The van der Waals surface area contributed by atoms with Crippen LogP contribution in [0.25, 0.3) is 0 Å². The van der Waals surface area contributed by atoms with Crippen molar-refractivity contribution in [3.8, 4) is 5.75 Å². The first-order chi connectivity index (χ1) is 11.6. The Hall–Kier alpha value is -1.37. The van der Waals surface area contributed by atoms with Crippen molar-refractivity contribution in [2.75, 3.05) is 60.5 Å². The van der Waals surface area contributed by atoms with Crippen molar-refractivity contribution < 1.29 is 4.74 Å². The molecule has 1 aliphatic heterocycles. The molecule has 1 aromatic rings. The summed E-state index contributed by atoms with van der Waals surface area (Å²) < 4.78 is 5.30. The molecule has 0 unspecified atom stereocenters. The molecule has 6 heteroatoms. The van der Waals surface area contributed by atoms with Crippen LogP contribution < -0.4 is 10.1 Å². The Balaban J connectivity index is 1.69. The minimum atomic E-state index is 0.898. The summed E-state index contributed by atoms with van der Waals surface area (Å²) in [5.41, 5.74) is 1.30. The third kappa shape index (κ3) is 6.26. The van der Waals surface area contributed by atoms with Gasteiger partial charge in [-0.2, -0.15) is 0 Å². The Kier molecular flexibility index (Phi) is 7.75. The average Bonchev–Trinajstić information content (AvgIpc) is 2.59. The normalized spacial score (nSPS) is 15.6. The Morgan fingerprint density at radius 3 is 2.67 bits per heavy atom. The zero-order valence-electron chi connectivity index (χ0n) is 15.1.